The first-order valence-corrected chi connectivity index (χ1v) is 13.8. The van der Waals surface area contributed by atoms with Crippen molar-refractivity contribution in [2.75, 3.05) is 0 Å². The van der Waals surface area contributed by atoms with E-state index < -0.39 is 35.5 Å². The molecule has 0 aromatic carbocycles. The summed E-state index contributed by atoms with van der Waals surface area (Å²) in [6.45, 7) is 8.91. The van der Waals surface area contributed by atoms with E-state index in [0.29, 0.717) is 42.3 Å². The Labute approximate surface area is 230 Å². The average molecular weight is 549 g/mol. The molecule has 0 radical (unpaired) electrons. The number of carbonyl (C=O) groups is 2. The number of hydrogen-bond donors (Lipinski definition) is 3. The normalized spacial score (nSPS) is 35.2. The molecule has 0 bridgehead atoms. The number of hydrogen-bond acceptors (Lipinski definition) is 7. The van der Waals surface area contributed by atoms with Crippen LogP contribution in [0.25, 0.3) is 6.08 Å². The molecule has 2 saturated heterocycles. The summed E-state index contributed by atoms with van der Waals surface area (Å²) in [5.41, 5.74) is -1.11. The second kappa shape index (κ2) is 12.3. The van der Waals surface area contributed by atoms with Gasteiger partial charge in [-0.15, -0.1) is 12.3 Å². The zero-order chi connectivity index (χ0) is 28.3. The van der Waals surface area contributed by atoms with Crippen molar-refractivity contribution in [1.82, 2.24) is 10.3 Å². The first-order chi connectivity index (χ1) is 17.8. The number of nitrogens with zero attached hydrogens (tertiary/aromatic N) is 1. The van der Waals surface area contributed by atoms with Crippen LogP contribution in [0.4, 0.5) is 0 Å². The minimum absolute atomic E-state index is 0.117. The summed E-state index contributed by atoms with van der Waals surface area (Å²) in [6, 6.07) is -0.573. The van der Waals surface area contributed by atoms with Crippen LogP contribution in [0.1, 0.15) is 84.2 Å². The van der Waals surface area contributed by atoms with Crippen molar-refractivity contribution >= 4 is 29.4 Å². The van der Waals surface area contributed by atoms with Gasteiger partial charge in [-0.1, -0.05) is 38.8 Å². The second-order valence-electron chi connectivity index (χ2n) is 11.6. The number of aromatic nitrogens is 1. The maximum atomic E-state index is 13.6. The van der Waals surface area contributed by atoms with E-state index in [4.69, 9.17) is 27.2 Å². The number of aliphatic hydroxyl groups excluding tert-OH is 2. The van der Waals surface area contributed by atoms with Crippen molar-refractivity contribution < 1.29 is 29.0 Å². The lowest BCUT2D eigenvalue weighted by atomic mass is 9.71. The van der Waals surface area contributed by atoms with Gasteiger partial charge < -0.3 is 24.7 Å². The van der Waals surface area contributed by atoms with Crippen molar-refractivity contribution in [1.29, 1.82) is 0 Å². The van der Waals surface area contributed by atoms with Gasteiger partial charge in [-0.3, -0.25) is 9.59 Å². The van der Waals surface area contributed by atoms with Gasteiger partial charge in [0, 0.05) is 30.7 Å². The average Bonchev–Trinajstić information content (AvgIpc) is 3.29. The zero-order valence-corrected chi connectivity index (χ0v) is 23.8. The van der Waals surface area contributed by atoms with Crippen LogP contribution >= 0.6 is 11.6 Å². The van der Waals surface area contributed by atoms with Gasteiger partial charge in [0.25, 0.3) is 0 Å². The van der Waals surface area contributed by atoms with E-state index in [2.05, 4.69) is 16.2 Å². The van der Waals surface area contributed by atoms with E-state index in [1.165, 1.54) is 6.26 Å². The lowest BCUT2D eigenvalue weighted by molar-refractivity contribution is -0.144. The number of ether oxygens (including phenoxy) is 1. The number of ketones is 1. The first kappa shape index (κ1) is 30.4. The molecule has 7 atom stereocenters. The Morgan fingerprint density at radius 3 is 2.68 bits per heavy atom. The Bertz CT molecular complexity index is 1080. The summed E-state index contributed by atoms with van der Waals surface area (Å²) in [4.78, 5) is 31.0. The van der Waals surface area contributed by atoms with Crippen LogP contribution in [0.3, 0.4) is 0 Å². The minimum Gasteiger partial charge on any atom is -0.449 e. The van der Waals surface area contributed by atoms with Gasteiger partial charge >= 0.3 is 0 Å². The molecule has 1 aromatic heterocycles. The number of oxazole rings is 1. The number of carbonyl (C=O) groups excluding carboxylic acids is 2. The highest BCUT2D eigenvalue weighted by Crippen LogP contribution is 2.45. The van der Waals surface area contributed by atoms with E-state index in [1.807, 2.05) is 13.8 Å². The van der Waals surface area contributed by atoms with E-state index in [0.717, 1.165) is 12.8 Å². The van der Waals surface area contributed by atoms with Crippen molar-refractivity contribution in [2.24, 2.45) is 17.3 Å². The molecule has 7 unspecified atom stereocenters. The molecule has 2 aliphatic rings. The smallest absolute Gasteiger partial charge is 0.223 e. The highest BCUT2D eigenvalue weighted by atomic mass is 35.5. The maximum absolute atomic E-state index is 13.6. The fourth-order valence-electron chi connectivity index (χ4n) is 5.32. The van der Waals surface area contributed by atoms with Crippen molar-refractivity contribution in [3.05, 3.63) is 22.9 Å². The lowest BCUT2D eigenvalue weighted by Crippen LogP contribution is -2.48. The van der Waals surface area contributed by atoms with Crippen molar-refractivity contribution in [2.45, 2.75) is 110 Å². The highest BCUT2D eigenvalue weighted by molar-refractivity contribution is 6.32. The Balaban J connectivity index is 1.88. The Morgan fingerprint density at radius 2 is 2.05 bits per heavy atom. The number of epoxide rings is 1. The topological polar surface area (TPSA) is 125 Å². The number of fused-ring (bicyclic) bond motifs is 1. The zero-order valence-electron chi connectivity index (χ0n) is 23.0. The molecular weight excluding hydrogens is 508 g/mol. The standard InChI is InChI=1S/C29H41ClN2O6/c1-7-8-11-20-26(35)17(2)10-9-12-29(6)24(38-29)14-22(21(30)13-19-16-37-18(3)31-19)32-25(34)15-23(33)28(4,5)27(20)36/h1,13,16-17,20,22-24,26,33,35H,8-12,14-15H2,2-6H3,(H,32,34). The molecular formula is C29H41ClN2O6. The molecule has 3 N–H and O–H groups in total. The number of halogens is 1. The monoisotopic (exact) mass is 548 g/mol. The molecule has 3 rings (SSSR count). The first-order valence-electron chi connectivity index (χ1n) is 13.4. The van der Waals surface area contributed by atoms with Gasteiger partial charge in [-0.05, 0) is 38.2 Å². The quantitative estimate of drug-likeness (QED) is 0.381. The number of rotatable bonds is 4. The molecule has 8 nitrogen and oxygen atoms in total. The number of amides is 1. The van der Waals surface area contributed by atoms with Crippen LogP contribution in [-0.2, 0) is 14.3 Å². The summed E-state index contributed by atoms with van der Waals surface area (Å²) in [7, 11) is 0. The summed E-state index contributed by atoms with van der Waals surface area (Å²) in [5, 5.41) is 25.5. The van der Waals surface area contributed by atoms with Crippen LogP contribution in [0.5, 0.6) is 0 Å². The van der Waals surface area contributed by atoms with Crippen molar-refractivity contribution in [3.63, 3.8) is 0 Å². The third-order valence-electron chi connectivity index (χ3n) is 8.19. The Morgan fingerprint density at radius 1 is 1.34 bits per heavy atom. The van der Waals surface area contributed by atoms with Gasteiger partial charge in [0.05, 0.1) is 41.8 Å². The van der Waals surface area contributed by atoms with E-state index in [1.54, 1.807) is 26.8 Å². The molecule has 0 aliphatic carbocycles. The highest BCUT2D eigenvalue weighted by Gasteiger charge is 2.52. The Kier molecular flexibility index (Phi) is 9.86. The molecule has 1 aromatic rings. The largest absolute Gasteiger partial charge is 0.449 e. The fourth-order valence-corrected chi connectivity index (χ4v) is 5.57. The van der Waals surface area contributed by atoms with Crippen LogP contribution in [0.2, 0.25) is 0 Å². The van der Waals surface area contributed by atoms with Crippen LogP contribution in [0.15, 0.2) is 15.7 Å². The van der Waals surface area contributed by atoms with Gasteiger partial charge in [0.2, 0.25) is 5.91 Å². The maximum Gasteiger partial charge on any atom is 0.223 e. The number of nitrogens with one attached hydrogen (secondary N) is 1. The second-order valence-corrected chi connectivity index (χ2v) is 12.0. The predicted molar refractivity (Wildman–Crippen MR) is 145 cm³/mol. The number of terminal acetylenes is 1. The van der Waals surface area contributed by atoms with Crippen molar-refractivity contribution in [3.8, 4) is 12.3 Å². The van der Waals surface area contributed by atoms with Crippen LogP contribution in [-0.4, -0.2) is 56.8 Å². The minimum atomic E-state index is -1.28. The number of Topliss-reactive ketones (excluding diaryl/α,β-unsaturated/α-hetero) is 1. The molecule has 9 heteroatoms. The van der Waals surface area contributed by atoms with Gasteiger partial charge in [0.15, 0.2) is 5.89 Å². The fraction of sp³-hybridized carbons (Fsp3) is 0.690. The molecule has 0 saturated carbocycles. The van der Waals surface area contributed by atoms with Gasteiger partial charge in [-0.2, -0.15) is 0 Å². The Hall–Kier alpha value is -2.18. The summed E-state index contributed by atoms with van der Waals surface area (Å²) < 4.78 is 11.3. The number of aliphatic hydroxyl groups is 2. The molecule has 1 amide bonds. The lowest BCUT2D eigenvalue weighted by Gasteiger charge is -2.36. The van der Waals surface area contributed by atoms with Crippen LogP contribution < -0.4 is 5.32 Å². The molecule has 38 heavy (non-hydrogen) atoms. The number of aryl methyl sites for hydroxylation is 1. The summed E-state index contributed by atoms with van der Waals surface area (Å²) in [5.74, 6) is 1.41. The SMILES string of the molecule is C#CCCC1C(=O)C(C)(C)C(O)CC(=O)NC(C(Cl)=Cc2coc(C)n2)CC2OC2(C)CCCC(C)C1O. The van der Waals surface area contributed by atoms with E-state index >= 15 is 0 Å². The molecule has 210 valence electrons. The van der Waals surface area contributed by atoms with Gasteiger partial charge in [0.1, 0.15) is 17.7 Å². The third-order valence-corrected chi connectivity index (χ3v) is 8.56. The predicted octanol–water partition coefficient (Wildman–Crippen LogP) is 4.15. The molecule has 3 heterocycles. The van der Waals surface area contributed by atoms with Gasteiger partial charge in [-0.25, -0.2) is 4.98 Å². The van der Waals surface area contributed by atoms with E-state index in [9.17, 15) is 19.8 Å². The van der Waals surface area contributed by atoms with E-state index in [-0.39, 0.29) is 29.8 Å². The third kappa shape index (κ3) is 7.26. The van der Waals surface area contributed by atoms with Crippen LogP contribution in [0, 0.1) is 36.5 Å². The summed E-state index contributed by atoms with van der Waals surface area (Å²) >= 11 is 6.66. The molecule has 2 aliphatic heterocycles. The molecule has 0 spiro atoms. The molecule has 2 fully saturated rings. The summed E-state index contributed by atoms with van der Waals surface area (Å²) in [6.07, 6.45) is 9.36.